The van der Waals surface area contributed by atoms with E-state index in [1.54, 1.807) is 25.1 Å². The van der Waals surface area contributed by atoms with E-state index in [1.165, 1.54) is 24.3 Å². The summed E-state index contributed by atoms with van der Waals surface area (Å²) in [6.45, 7) is 4.04. The van der Waals surface area contributed by atoms with Crippen LogP contribution in [-0.2, 0) is 20.7 Å². The minimum absolute atomic E-state index is 0.116. The second-order valence-corrected chi connectivity index (χ2v) is 9.28. The molecule has 2 aromatic carbocycles. The van der Waals surface area contributed by atoms with Crippen LogP contribution >= 0.6 is 11.6 Å². The first-order valence-electron chi connectivity index (χ1n) is 10.8. The lowest BCUT2D eigenvalue weighted by Crippen LogP contribution is -2.76. The molecule has 11 heteroatoms. The Hall–Kier alpha value is -3.50. The number of nitro benzene ring substituents is 1. The number of urea groups is 1. The molecule has 0 aromatic heterocycles. The Morgan fingerprint density at radius 1 is 1.15 bits per heavy atom. The van der Waals surface area contributed by atoms with E-state index >= 15 is 0 Å². The lowest BCUT2D eigenvalue weighted by atomic mass is 9.66. The van der Waals surface area contributed by atoms with Crippen molar-refractivity contribution >= 4 is 46.5 Å². The molecule has 4 atom stereocenters. The maximum Gasteiger partial charge on any atom is 0.335 e. The number of morpholine rings is 1. The summed E-state index contributed by atoms with van der Waals surface area (Å²) < 4.78 is 6.04. The predicted molar refractivity (Wildman–Crippen MR) is 123 cm³/mol. The van der Waals surface area contributed by atoms with E-state index in [0.717, 1.165) is 4.90 Å². The van der Waals surface area contributed by atoms with Gasteiger partial charge in [-0.3, -0.25) is 25.0 Å². The van der Waals surface area contributed by atoms with Gasteiger partial charge in [0, 0.05) is 35.8 Å². The molecule has 2 aromatic rings. The fourth-order valence-corrected chi connectivity index (χ4v) is 5.58. The Bertz CT molecular complexity index is 1230. The van der Waals surface area contributed by atoms with Gasteiger partial charge in [0.05, 0.1) is 28.9 Å². The first kappa shape index (κ1) is 22.3. The smallest absolute Gasteiger partial charge is 0.335 e. The third-order valence-electron chi connectivity index (χ3n) is 6.74. The minimum Gasteiger partial charge on any atom is -0.372 e. The molecule has 4 amide bonds. The van der Waals surface area contributed by atoms with Crippen molar-refractivity contribution in [1.82, 2.24) is 5.32 Å². The Morgan fingerprint density at radius 3 is 2.53 bits per heavy atom. The average molecular weight is 485 g/mol. The van der Waals surface area contributed by atoms with Crippen molar-refractivity contribution in [1.29, 1.82) is 0 Å². The van der Waals surface area contributed by atoms with E-state index in [4.69, 9.17) is 16.3 Å². The van der Waals surface area contributed by atoms with Crippen LogP contribution < -0.4 is 15.1 Å². The van der Waals surface area contributed by atoms with Crippen molar-refractivity contribution in [2.75, 3.05) is 16.3 Å². The number of fused-ring (bicyclic) bond motifs is 4. The Balaban J connectivity index is 1.70. The first-order chi connectivity index (χ1) is 16.1. The number of imide groups is 2. The van der Waals surface area contributed by atoms with E-state index < -0.39 is 40.3 Å². The normalized spacial score (nSPS) is 28.4. The van der Waals surface area contributed by atoms with Crippen LogP contribution in [0.1, 0.15) is 19.4 Å². The molecule has 5 rings (SSSR count). The number of benzene rings is 2. The van der Waals surface area contributed by atoms with E-state index in [1.807, 2.05) is 11.8 Å². The number of halogens is 1. The van der Waals surface area contributed by atoms with E-state index in [2.05, 4.69) is 5.32 Å². The number of hydrogen-bond acceptors (Lipinski definition) is 7. The number of non-ortho nitro benzene ring substituents is 1. The van der Waals surface area contributed by atoms with Crippen LogP contribution in [0.4, 0.5) is 21.9 Å². The average Bonchev–Trinajstić information content (AvgIpc) is 2.78. The van der Waals surface area contributed by atoms with Gasteiger partial charge in [-0.25, -0.2) is 9.69 Å². The van der Waals surface area contributed by atoms with Crippen molar-refractivity contribution in [3.63, 3.8) is 0 Å². The van der Waals surface area contributed by atoms with E-state index in [9.17, 15) is 24.5 Å². The number of nitrogens with zero attached hydrogens (tertiary/aromatic N) is 3. The molecule has 2 saturated heterocycles. The third kappa shape index (κ3) is 3.17. The van der Waals surface area contributed by atoms with Crippen molar-refractivity contribution < 1.29 is 24.0 Å². The van der Waals surface area contributed by atoms with Gasteiger partial charge in [-0.15, -0.1) is 0 Å². The number of carbonyl (C=O) groups excluding carboxylic acids is 3. The van der Waals surface area contributed by atoms with Crippen molar-refractivity contribution in [2.45, 2.75) is 38.5 Å². The van der Waals surface area contributed by atoms with E-state index in [-0.39, 0.29) is 23.9 Å². The summed E-state index contributed by atoms with van der Waals surface area (Å²) in [5, 5.41) is 14.2. The largest absolute Gasteiger partial charge is 0.372 e. The molecule has 10 nitrogen and oxygen atoms in total. The quantitative estimate of drug-likeness (QED) is 0.395. The fraction of sp³-hybridized carbons (Fsp3) is 0.348. The number of barbiturate groups is 1. The summed E-state index contributed by atoms with van der Waals surface area (Å²) in [6, 6.07) is 8.97. The summed E-state index contributed by atoms with van der Waals surface area (Å²) in [6.07, 6.45) is -0.864. The first-order valence-corrected chi connectivity index (χ1v) is 11.2. The van der Waals surface area contributed by atoms with Crippen LogP contribution in [-0.4, -0.2) is 47.6 Å². The lowest BCUT2D eigenvalue weighted by molar-refractivity contribution is -0.384. The number of rotatable bonds is 2. The summed E-state index contributed by atoms with van der Waals surface area (Å²) in [4.78, 5) is 54.2. The summed E-state index contributed by atoms with van der Waals surface area (Å²) in [5.74, 6) is -1.45. The maximum atomic E-state index is 14.1. The molecule has 0 unspecified atom stereocenters. The van der Waals surface area contributed by atoms with Crippen molar-refractivity contribution in [3.05, 3.63) is 63.2 Å². The maximum absolute atomic E-state index is 14.1. The van der Waals surface area contributed by atoms with Crippen LogP contribution in [0.15, 0.2) is 42.5 Å². The van der Waals surface area contributed by atoms with Gasteiger partial charge >= 0.3 is 6.03 Å². The van der Waals surface area contributed by atoms with Crippen LogP contribution in [0.25, 0.3) is 0 Å². The molecule has 2 fully saturated rings. The highest BCUT2D eigenvalue weighted by atomic mass is 35.5. The molecule has 176 valence electrons. The van der Waals surface area contributed by atoms with E-state index in [0.29, 0.717) is 22.8 Å². The highest BCUT2D eigenvalue weighted by Gasteiger charge is 2.65. The number of carbonyl (C=O) groups is 3. The van der Waals surface area contributed by atoms with Gasteiger partial charge in [0.2, 0.25) is 5.91 Å². The molecule has 0 aliphatic carbocycles. The van der Waals surface area contributed by atoms with Crippen LogP contribution in [0.3, 0.4) is 0 Å². The second-order valence-electron chi connectivity index (χ2n) is 8.84. The molecule has 0 radical (unpaired) electrons. The number of hydrogen-bond donors (Lipinski definition) is 1. The fourth-order valence-electron chi connectivity index (χ4n) is 5.45. The summed E-state index contributed by atoms with van der Waals surface area (Å²) in [5.41, 5.74) is -0.432. The highest BCUT2D eigenvalue weighted by Crippen LogP contribution is 2.49. The molecule has 3 heterocycles. The Labute approximate surface area is 199 Å². The van der Waals surface area contributed by atoms with Gasteiger partial charge in [-0.2, -0.15) is 0 Å². The van der Waals surface area contributed by atoms with Gasteiger partial charge in [0.15, 0.2) is 5.41 Å². The topological polar surface area (TPSA) is 122 Å². The number of amides is 4. The SMILES string of the molecule is C[C@@H]1O[C@@H](C)CN2c3ccc([N+](=O)[O-])cc3C[C@]3(C(=O)NC(=O)N(c4ccc(Cl)cc4)C3=O)[C@H]12. The zero-order valence-corrected chi connectivity index (χ0v) is 19.1. The number of nitro groups is 1. The highest BCUT2D eigenvalue weighted by molar-refractivity contribution is 6.32. The van der Waals surface area contributed by atoms with Gasteiger partial charge in [-0.1, -0.05) is 11.6 Å². The van der Waals surface area contributed by atoms with Crippen LogP contribution in [0.5, 0.6) is 0 Å². The molecule has 0 saturated carbocycles. The molecule has 0 bridgehead atoms. The molecule has 3 aliphatic rings. The molecule has 1 spiro atoms. The number of nitrogens with one attached hydrogen (secondary N) is 1. The Kier molecular flexibility index (Phi) is 5.10. The summed E-state index contributed by atoms with van der Waals surface area (Å²) in [7, 11) is 0. The third-order valence-corrected chi connectivity index (χ3v) is 6.99. The predicted octanol–water partition coefficient (Wildman–Crippen LogP) is 3.06. The van der Waals surface area contributed by atoms with Crippen molar-refractivity contribution in [2.24, 2.45) is 5.41 Å². The number of anilines is 2. The second kappa shape index (κ2) is 7.78. The van der Waals surface area contributed by atoms with Gasteiger partial charge < -0.3 is 9.64 Å². The van der Waals surface area contributed by atoms with Crippen LogP contribution in [0, 0.1) is 15.5 Å². The van der Waals surface area contributed by atoms with Crippen molar-refractivity contribution in [3.8, 4) is 0 Å². The molecular weight excluding hydrogens is 464 g/mol. The van der Waals surface area contributed by atoms with Gasteiger partial charge in [-0.05, 0) is 49.7 Å². The van der Waals surface area contributed by atoms with Crippen LogP contribution in [0.2, 0.25) is 5.02 Å². The molecular formula is C23H21ClN4O6. The zero-order valence-electron chi connectivity index (χ0n) is 18.4. The standard InChI is InChI=1S/C23H21ClN4O6/c1-12-11-26-18-8-7-17(28(32)33)9-14(18)10-23(19(26)13(2)34-12)20(29)25-22(31)27(21(23)30)16-5-3-15(24)4-6-16/h3-9,12-13,19H,10-11H2,1-2H3,(H,25,29,31)/t12-,13-,19-,23+/m0/s1. The molecule has 3 aliphatic heterocycles. The van der Waals surface area contributed by atoms with Gasteiger partial charge in [0.25, 0.3) is 11.6 Å². The minimum atomic E-state index is -1.74. The molecule has 34 heavy (non-hydrogen) atoms. The lowest BCUT2D eigenvalue weighted by Gasteiger charge is -2.56. The molecule has 1 N–H and O–H groups in total. The summed E-state index contributed by atoms with van der Waals surface area (Å²) >= 11 is 5.97. The Morgan fingerprint density at radius 2 is 1.85 bits per heavy atom. The zero-order chi connectivity index (χ0) is 24.4. The number of ether oxygens (including phenoxy) is 1. The monoisotopic (exact) mass is 484 g/mol. The van der Waals surface area contributed by atoms with Gasteiger partial charge in [0.1, 0.15) is 0 Å².